The summed E-state index contributed by atoms with van der Waals surface area (Å²) in [6.07, 6.45) is 0.848. The van der Waals surface area contributed by atoms with Crippen LogP contribution in [-0.2, 0) is 16.4 Å². The molecule has 8 heteroatoms. The van der Waals surface area contributed by atoms with Crippen LogP contribution in [0.1, 0.15) is 24.1 Å². The van der Waals surface area contributed by atoms with Crippen molar-refractivity contribution in [1.29, 1.82) is 0 Å². The van der Waals surface area contributed by atoms with E-state index in [0.717, 1.165) is 29.4 Å². The molecule has 1 atom stereocenters. The maximum absolute atomic E-state index is 14.0. The molecule has 0 radical (unpaired) electrons. The van der Waals surface area contributed by atoms with E-state index in [0.29, 0.717) is 13.2 Å². The summed E-state index contributed by atoms with van der Waals surface area (Å²) in [6.45, 7) is 2.86. The third-order valence-electron chi connectivity index (χ3n) is 4.70. The predicted molar refractivity (Wildman–Crippen MR) is 105 cm³/mol. The van der Waals surface area contributed by atoms with Gasteiger partial charge in [0.15, 0.2) is 11.6 Å². The van der Waals surface area contributed by atoms with Gasteiger partial charge >= 0.3 is 0 Å². The summed E-state index contributed by atoms with van der Waals surface area (Å²) in [5.41, 5.74) is 2.12. The first-order chi connectivity index (χ1) is 13.3. The van der Waals surface area contributed by atoms with Crippen molar-refractivity contribution in [2.75, 3.05) is 33.9 Å². The lowest BCUT2D eigenvalue weighted by Crippen LogP contribution is -2.34. The second-order valence-electron chi connectivity index (χ2n) is 6.82. The Morgan fingerprint density at radius 2 is 2.04 bits per heavy atom. The van der Waals surface area contributed by atoms with Gasteiger partial charge in [-0.2, -0.15) is 0 Å². The molecule has 2 aromatic rings. The van der Waals surface area contributed by atoms with Crippen LogP contribution in [0.5, 0.6) is 11.5 Å². The lowest BCUT2D eigenvalue weighted by molar-refractivity contribution is 0.299. The predicted octanol–water partition coefficient (Wildman–Crippen LogP) is 2.74. The molecule has 1 N–H and O–H groups in total. The topological polar surface area (TPSA) is 67.9 Å². The van der Waals surface area contributed by atoms with Crippen molar-refractivity contribution in [1.82, 2.24) is 9.62 Å². The van der Waals surface area contributed by atoms with Crippen molar-refractivity contribution < 1.29 is 22.3 Å². The van der Waals surface area contributed by atoms with Gasteiger partial charge in [-0.1, -0.05) is 12.1 Å². The molecule has 28 heavy (non-hydrogen) atoms. The summed E-state index contributed by atoms with van der Waals surface area (Å²) in [5, 5.41) is 0. The standard InChI is InChI=1S/C20H25FN2O4S/c1-4-26-20-8-6-16(12-17(20)21)28(24,25)22-13-18(23(2)3)14-5-7-19-15(11-14)9-10-27-19/h5-8,11-12,18,22H,4,9-10,13H2,1-3H3. The Hall–Kier alpha value is -2.16. The van der Waals surface area contributed by atoms with Crippen molar-refractivity contribution in [3.8, 4) is 11.5 Å². The lowest BCUT2D eigenvalue weighted by atomic mass is 10.0. The van der Waals surface area contributed by atoms with Crippen LogP contribution in [0.3, 0.4) is 0 Å². The number of benzene rings is 2. The summed E-state index contributed by atoms with van der Waals surface area (Å²) < 4.78 is 52.6. The zero-order valence-electron chi connectivity index (χ0n) is 16.2. The molecule has 1 unspecified atom stereocenters. The number of sulfonamides is 1. The monoisotopic (exact) mass is 408 g/mol. The van der Waals surface area contributed by atoms with Gasteiger partial charge in [-0.25, -0.2) is 17.5 Å². The molecule has 0 fully saturated rings. The van der Waals surface area contributed by atoms with E-state index in [2.05, 4.69) is 10.8 Å². The molecule has 0 bridgehead atoms. The number of ether oxygens (including phenoxy) is 2. The smallest absolute Gasteiger partial charge is 0.240 e. The SMILES string of the molecule is CCOc1ccc(S(=O)(=O)NCC(c2ccc3c(c2)CCO3)N(C)C)cc1F. The number of rotatable bonds is 8. The van der Waals surface area contributed by atoms with Gasteiger partial charge < -0.3 is 14.4 Å². The van der Waals surface area contributed by atoms with Gasteiger partial charge in [-0.3, -0.25) is 0 Å². The summed E-state index contributed by atoms with van der Waals surface area (Å²) >= 11 is 0. The highest BCUT2D eigenvalue weighted by Gasteiger charge is 2.22. The Balaban J connectivity index is 1.77. The largest absolute Gasteiger partial charge is 0.493 e. The van der Waals surface area contributed by atoms with E-state index >= 15 is 0 Å². The highest BCUT2D eigenvalue weighted by atomic mass is 32.2. The molecule has 1 heterocycles. The zero-order chi connectivity index (χ0) is 20.3. The molecule has 0 spiro atoms. The average Bonchev–Trinajstić information content (AvgIpc) is 3.11. The molecule has 0 saturated heterocycles. The van der Waals surface area contributed by atoms with Gasteiger partial charge in [0.05, 0.1) is 18.1 Å². The minimum absolute atomic E-state index is 0.0352. The second-order valence-corrected chi connectivity index (χ2v) is 8.59. The number of nitrogens with zero attached hydrogens (tertiary/aromatic N) is 1. The molecule has 0 aliphatic carbocycles. The summed E-state index contributed by atoms with van der Waals surface area (Å²) in [5.74, 6) is 0.215. The van der Waals surface area contributed by atoms with E-state index in [1.807, 2.05) is 31.1 Å². The van der Waals surface area contributed by atoms with Gasteiger partial charge in [-0.05, 0) is 56.4 Å². The number of likely N-dealkylation sites (N-methyl/N-ethyl adjacent to an activating group) is 1. The molecule has 6 nitrogen and oxygen atoms in total. The Morgan fingerprint density at radius 1 is 1.25 bits per heavy atom. The van der Waals surface area contributed by atoms with E-state index in [1.165, 1.54) is 12.1 Å². The van der Waals surface area contributed by atoms with Crippen LogP contribution in [0.25, 0.3) is 0 Å². The minimum Gasteiger partial charge on any atom is -0.493 e. The molecular formula is C20H25FN2O4S. The van der Waals surface area contributed by atoms with Crippen LogP contribution < -0.4 is 14.2 Å². The summed E-state index contributed by atoms with van der Waals surface area (Å²) in [7, 11) is -0.0832. The van der Waals surface area contributed by atoms with E-state index in [4.69, 9.17) is 9.47 Å². The van der Waals surface area contributed by atoms with Crippen molar-refractivity contribution in [2.24, 2.45) is 0 Å². The van der Waals surface area contributed by atoms with Crippen LogP contribution in [0, 0.1) is 5.82 Å². The molecule has 1 aliphatic rings. The Labute approximate surface area is 165 Å². The average molecular weight is 408 g/mol. The Morgan fingerprint density at radius 3 is 2.71 bits per heavy atom. The molecule has 0 aromatic heterocycles. The quantitative estimate of drug-likeness (QED) is 0.728. The molecule has 2 aromatic carbocycles. The lowest BCUT2D eigenvalue weighted by Gasteiger charge is -2.25. The molecule has 3 rings (SSSR count). The van der Waals surface area contributed by atoms with Crippen LogP contribution in [0.2, 0.25) is 0 Å². The first-order valence-corrected chi connectivity index (χ1v) is 10.6. The van der Waals surface area contributed by atoms with Crippen LogP contribution in [0.15, 0.2) is 41.3 Å². The highest BCUT2D eigenvalue weighted by molar-refractivity contribution is 7.89. The molecule has 0 saturated carbocycles. The highest BCUT2D eigenvalue weighted by Crippen LogP contribution is 2.29. The fourth-order valence-corrected chi connectivity index (χ4v) is 4.26. The summed E-state index contributed by atoms with van der Waals surface area (Å²) in [4.78, 5) is 1.81. The van der Waals surface area contributed by atoms with E-state index in [1.54, 1.807) is 6.92 Å². The molecule has 1 aliphatic heterocycles. The fourth-order valence-electron chi connectivity index (χ4n) is 3.21. The third-order valence-corrected chi connectivity index (χ3v) is 6.12. The molecule has 152 valence electrons. The van der Waals surface area contributed by atoms with Crippen LogP contribution in [-0.4, -0.2) is 47.2 Å². The second kappa shape index (κ2) is 8.46. The maximum Gasteiger partial charge on any atom is 0.240 e. The number of hydrogen-bond acceptors (Lipinski definition) is 5. The van der Waals surface area contributed by atoms with Gasteiger partial charge in [0.25, 0.3) is 0 Å². The number of fused-ring (bicyclic) bond motifs is 1. The van der Waals surface area contributed by atoms with Crippen molar-refractivity contribution in [3.05, 3.63) is 53.3 Å². The molecule has 0 amide bonds. The first kappa shape index (κ1) is 20.6. The summed E-state index contributed by atoms with van der Waals surface area (Å²) in [6, 6.07) is 9.39. The zero-order valence-corrected chi connectivity index (χ0v) is 17.1. The van der Waals surface area contributed by atoms with E-state index in [-0.39, 0.29) is 23.2 Å². The number of nitrogens with one attached hydrogen (secondary N) is 1. The number of halogens is 1. The molecular weight excluding hydrogens is 383 g/mol. The first-order valence-electron chi connectivity index (χ1n) is 9.16. The Bertz CT molecular complexity index is 947. The van der Waals surface area contributed by atoms with Gasteiger partial charge in [-0.15, -0.1) is 0 Å². The van der Waals surface area contributed by atoms with Crippen LogP contribution >= 0.6 is 0 Å². The Kier molecular flexibility index (Phi) is 6.22. The van der Waals surface area contributed by atoms with Gasteiger partial charge in [0.2, 0.25) is 10.0 Å². The maximum atomic E-state index is 14.0. The van der Waals surface area contributed by atoms with Crippen molar-refractivity contribution >= 4 is 10.0 Å². The van der Waals surface area contributed by atoms with Gasteiger partial charge in [0, 0.05) is 19.0 Å². The van der Waals surface area contributed by atoms with Crippen molar-refractivity contribution in [3.63, 3.8) is 0 Å². The normalized spacial score (nSPS) is 14.6. The minimum atomic E-state index is -3.86. The third kappa shape index (κ3) is 4.45. The van der Waals surface area contributed by atoms with E-state index < -0.39 is 15.8 Å². The van der Waals surface area contributed by atoms with E-state index in [9.17, 15) is 12.8 Å². The van der Waals surface area contributed by atoms with Crippen LogP contribution in [0.4, 0.5) is 4.39 Å². The van der Waals surface area contributed by atoms with Gasteiger partial charge in [0.1, 0.15) is 5.75 Å². The number of hydrogen-bond donors (Lipinski definition) is 1. The fraction of sp³-hybridized carbons (Fsp3) is 0.400. The van der Waals surface area contributed by atoms with Crippen molar-refractivity contribution in [2.45, 2.75) is 24.3 Å².